The van der Waals surface area contributed by atoms with E-state index in [9.17, 15) is 0 Å². The van der Waals surface area contributed by atoms with Gasteiger partial charge < -0.3 is 4.98 Å². The molecular weight excluding hydrogens is 408 g/mol. The van der Waals surface area contributed by atoms with Gasteiger partial charge in [0.1, 0.15) is 0 Å². The Morgan fingerprint density at radius 3 is 2.61 bits per heavy atom. The standard InChI is InChI=1S/C27H26N6/c1-2-10-33(11-3-1)18-19-12-21(17-29-15-19)25-14-27(32-31-25)26-13-23-22(7-4-8-24(23)30-26)20-6-5-9-28-16-20/h4-9,12-17,30H,1-3,10-11,18H2,(H,31,32). The molecule has 1 aliphatic heterocycles. The fourth-order valence-electron chi connectivity index (χ4n) is 4.77. The summed E-state index contributed by atoms with van der Waals surface area (Å²) in [4.78, 5) is 14.8. The van der Waals surface area contributed by atoms with Gasteiger partial charge in [-0.25, -0.2) is 0 Å². The Labute approximate surface area is 192 Å². The summed E-state index contributed by atoms with van der Waals surface area (Å²) in [6.07, 6.45) is 11.5. The van der Waals surface area contributed by atoms with E-state index < -0.39 is 0 Å². The Bertz CT molecular complexity index is 1380. The molecule has 6 nitrogen and oxygen atoms in total. The van der Waals surface area contributed by atoms with Gasteiger partial charge in [0.15, 0.2) is 0 Å². The maximum atomic E-state index is 4.59. The Hall–Kier alpha value is -3.77. The van der Waals surface area contributed by atoms with Crippen molar-refractivity contribution in [2.75, 3.05) is 13.1 Å². The average Bonchev–Trinajstić information content (AvgIpc) is 3.53. The molecule has 0 atom stereocenters. The lowest BCUT2D eigenvalue weighted by Gasteiger charge is -2.26. The van der Waals surface area contributed by atoms with Crippen LogP contribution < -0.4 is 0 Å². The Kier molecular flexibility index (Phi) is 5.20. The molecule has 2 N–H and O–H groups in total. The van der Waals surface area contributed by atoms with Crippen molar-refractivity contribution in [1.82, 2.24) is 30.0 Å². The van der Waals surface area contributed by atoms with Crippen LogP contribution in [0.5, 0.6) is 0 Å². The number of nitrogens with one attached hydrogen (secondary N) is 2. The summed E-state index contributed by atoms with van der Waals surface area (Å²) in [6.45, 7) is 3.31. The van der Waals surface area contributed by atoms with Crippen molar-refractivity contribution in [2.24, 2.45) is 0 Å². The highest BCUT2D eigenvalue weighted by Gasteiger charge is 2.14. The fraction of sp³-hybridized carbons (Fsp3) is 0.222. The summed E-state index contributed by atoms with van der Waals surface area (Å²) in [6, 6.07) is 16.9. The third-order valence-electron chi connectivity index (χ3n) is 6.45. The van der Waals surface area contributed by atoms with Gasteiger partial charge in [-0.3, -0.25) is 20.0 Å². The number of hydrogen-bond acceptors (Lipinski definition) is 4. The second-order valence-electron chi connectivity index (χ2n) is 8.78. The number of pyridine rings is 2. The van der Waals surface area contributed by atoms with Gasteiger partial charge in [-0.2, -0.15) is 5.10 Å². The van der Waals surface area contributed by atoms with Crippen LogP contribution in [-0.4, -0.2) is 43.1 Å². The lowest BCUT2D eigenvalue weighted by atomic mass is 10.0. The fourth-order valence-corrected chi connectivity index (χ4v) is 4.77. The van der Waals surface area contributed by atoms with E-state index in [-0.39, 0.29) is 0 Å². The van der Waals surface area contributed by atoms with Crippen LogP contribution in [0.2, 0.25) is 0 Å². The number of hydrogen-bond donors (Lipinski definition) is 2. The molecule has 0 radical (unpaired) electrons. The molecule has 0 aliphatic carbocycles. The average molecular weight is 435 g/mol. The summed E-state index contributed by atoms with van der Waals surface area (Å²) in [5, 5.41) is 8.97. The van der Waals surface area contributed by atoms with Gasteiger partial charge >= 0.3 is 0 Å². The molecule has 33 heavy (non-hydrogen) atoms. The van der Waals surface area contributed by atoms with Crippen LogP contribution in [0, 0.1) is 0 Å². The molecule has 0 unspecified atom stereocenters. The third kappa shape index (κ3) is 4.05. The van der Waals surface area contributed by atoms with Crippen LogP contribution in [0.15, 0.2) is 73.3 Å². The number of rotatable bonds is 5. The maximum absolute atomic E-state index is 4.59. The van der Waals surface area contributed by atoms with E-state index in [0.29, 0.717) is 0 Å². The summed E-state index contributed by atoms with van der Waals surface area (Å²) >= 11 is 0. The first-order chi connectivity index (χ1) is 16.3. The molecule has 6 heteroatoms. The minimum absolute atomic E-state index is 0.907. The van der Waals surface area contributed by atoms with Crippen LogP contribution in [-0.2, 0) is 6.54 Å². The summed E-state index contributed by atoms with van der Waals surface area (Å²) in [5.41, 5.74) is 8.52. The third-order valence-corrected chi connectivity index (χ3v) is 6.45. The van der Waals surface area contributed by atoms with Crippen molar-refractivity contribution in [3.63, 3.8) is 0 Å². The number of fused-ring (bicyclic) bond motifs is 1. The predicted octanol–water partition coefficient (Wildman–Crippen LogP) is 5.67. The molecule has 5 heterocycles. The van der Waals surface area contributed by atoms with Crippen molar-refractivity contribution in [3.8, 4) is 33.8 Å². The monoisotopic (exact) mass is 434 g/mol. The maximum Gasteiger partial charge on any atom is 0.0943 e. The number of piperidine rings is 1. The molecule has 1 aliphatic rings. The van der Waals surface area contributed by atoms with Crippen molar-refractivity contribution >= 4 is 10.9 Å². The quantitative estimate of drug-likeness (QED) is 0.374. The molecule has 0 amide bonds. The molecule has 0 spiro atoms. The van der Waals surface area contributed by atoms with E-state index in [4.69, 9.17) is 0 Å². The second-order valence-corrected chi connectivity index (χ2v) is 8.78. The minimum atomic E-state index is 0.907. The lowest BCUT2D eigenvalue weighted by Crippen LogP contribution is -2.29. The zero-order valence-corrected chi connectivity index (χ0v) is 18.5. The number of nitrogens with zero attached hydrogens (tertiary/aromatic N) is 4. The molecule has 1 saturated heterocycles. The number of benzene rings is 1. The SMILES string of the molecule is c1cncc(-c2cccc3[nH]c(-c4cc(-c5cncc(CN6CCCCC6)c5)n[nH]4)cc23)c1. The highest BCUT2D eigenvalue weighted by molar-refractivity contribution is 5.97. The minimum Gasteiger partial charge on any atom is -0.353 e. The van der Waals surface area contributed by atoms with Crippen molar-refractivity contribution in [3.05, 3.63) is 78.9 Å². The summed E-state index contributed by atoms with van der Waals surface area (Å²) in [7, 11) is 0. The van der Waals surface area contributed by atoms with Gasteiger partial charge in [-0.05, 0) is 67.4 Å². The number of aromatic amines is 2. The smallest absolute Gasteiger partial charge is 0.0943 e. The number of H-pyrrole nitrogens is 2. The first-order valence-electron chi connectivity index (χ1n) is 11.6. The normalized spacial score (nSPS) is 14.7. The molecular formula is C27H26N6. The van der Waals surface area contributed by atoms with Crippen LogP contribution in [0.4, 0.5) is 0 Å². The van der Waals surface area contributed by atoms with Gasteiger partial charge in [-0.1, -0.05) is 24.6 Å². The van der Waals surface area contributed by atoms with Gasteiger partial charge in [0.05, 0.1) is 17.1 Å². The Balaban J connectivity index is 1.29. The van der Waals surface area contributed by atoms with E-state index in [1.807, 2.05) is 24.7 Å². The van der Waals surface area contributed by atoms with Crippen LogP contribution in [0.25, 0.3) is 44.7 Å². The van der Waals surface area contributed by atoms with E-state index in [1.165, 1.54) is 43.3 Å². The highest BCUT2D eigenvalue weighted by atomic mass is 15.1. The van der Waals surface area contributed by atoms with Gasteiger partial charge in [0.2, 0.25) is 0 Å². The Morgan fingerprint density at radius 2 is 1.73 bits per heavy atom. The first-order valence-corrected chi connectivity index (χ1v) is 11.6. The lowest BCUT2D eigenvalue weighted by molar-refractivity contribution is 0.220. The van der Waals surface area contributed by atoms with Crippen LogP contribution in [0.3, 0.4) is 0 Å². The molecule has 4 aromatic heterocycles. The second kappa shape index (κ2) is 8.64. The van der Waals surface area contributed by atoms with Crippen molar-refractivity contribution in [2.45, 2.75) is 25.8 Å². The zero-order valence-electron chi connectivity index (χ0n) is 18.5. The largest absolute Gasteiger partial charge is 0.353 e. The van der Waals surface area contributed by atoms with Crippen LogP contribution >= 0.6 is 0 Å². The Morgan fingerprint density at radius 1 is 0.818 bits per heavy atom. The molecule has 5 aromatic rings. The molecule has 1 aromatic carbocycles. The molecule has 0 bridgehead atoms. The van der Waals surface area contributed by atoms with Crippen molar-refractivity contribution < 1.29 is 0 Å². The zero-order chi connectivity index (χ0) is 22.0. The van der Waals surface area contributed by atoms with E-state index in [2.05, 4.69) is 72.5 Å². The first kappa shape index (κ1) is 19.9. The predicted molar refractivity (Wildman–Crippen MR) is 131 cm³/mol. The molecule has 164 valence electrons. The number of likely N-dealkylation sites (tertiary alicyclic amines) is 1. The topological polar surface area (TPSA) is 73.5 Å². The van der Waals surface area contributed by atoms with Gasteiger partial charge in [0.25, 0.3) is 0 Å². The van der Waals surface area contributed by atoms with E-state index in [1.54, 1.807) is 6.20 Å². The summed E-state index contributed by atoms with van der Waals surface area (Å²) in [5.74, 6) is 0. The number of aromatic nitrogens is 5. The summed E-state index contributed by atoms with van der Waals surface area (Å²) < 4.78 is 0. The molecule has 0 saturated carbocycles. The van der Waals surface area contributed by atoms with Gasteiger partial charge in [0, 0.05) is 53.4 Å². The molecule has 1 fully saturated rings. The van der Waals surface area contributed by atoms with Gasteiger partial charge in [-0.15, -0.1) is 0 Å². The van der Waals surface area contributed by atoms with E-state index >= 15 is 0 Å². The van der Waals surface area contributed by atoms with Crippen LogP contribution in [0.1, 0.15) is 24.8 Å². The highest BCUT2D eigenvalue weighted by Crippen LogP contribution is 2.32. The molecule has 6 rings (SSSR count). The van der Waals surface area contributed by atoms with E-state index in [0.717, 1.165) is 45.8 Å². The van der Waals surface area contributed by atoms with Crippen molar-refractivity contribution in [1.29, 1.82) is 0 Å².